The largest absolute Gasteiger partial charge is 0.452 e. The number of carbonyl (C=O) groups excluding carboxylic acids is 1. The Labute approximate surface area is 219 Å². The zero-order valence-corrected chi connectivity index (χ0v) is 21.7. The number of carbonyl (C=O) groups is 1. The van der Waals surface area contributed by atoms with Crippen LogP contribution in [0.3, 0.4) is 0 Å². The Bertz CT molecular complexity index is 1640. The number of thioether (sulfide) groups is 1. The van der Waals surface area contributed by atoms with Gasteiger partial charge in [-0.1, -0.05) is 53.7 Å². The number of primary sulfonamides is 1. The summed E-state index contributed by atoms with van der Waals surface area (Å²) in [6, 6.07) is 12.4. The molecule has 0 aliphatic carbocycles. The normalized spacial score (nSPS) is 12.2. The zero-order chi connectivity index (χ0) is 27.1. The van der Waals surface area contributed by atoms with Crippen LogP contribution in [0, 0.1) is 13.8 Å². The summed E-state index contributed by atoms with van der Waals surface area (Å²) >= 11 is 6.81. The maximum atomic E-state index is 13.9. The summed E-state index contributed by atoms with van der Waals surface area (Å²) < 4.78 is 65.6. The monoisotopic (exact) mass is 569 g/mol. The number of aromatic nitrogens is 3. The molecule has 0 saturated heterocycles. The number of nitrogens with one attached hydrogen (secondary N) is 1. The predicted molar refractivity (Wildman–Crippen MR) is 136 cm³/mol. The minimum absolute atomic E-state index is 0.0749. The topological polar surface area (TPSA) is 120 Å². The molecule has 3 aromatic carbocycles. The first-order chi connectivity index (χ1) is 17.3. The fraction of sp³-hybridized carbons (Fsp3) is 0.174. The highest BCUT2D eigenvalue weighted by molar-refractivity contribution is 7.99. The van der Waals surface area contributed by atoms with Crippen LogP contribution in [0.25, 0.3) is 16.5 Å². The molecular weight excluding hydrogens is 551 g/mol. The summed E-state index contributed by atoms with van der Waals surface area (Å²) in [6.07, 6.45) is -4.80. The molecule has 4 aromatic rings. The lowest BCUT2D eigenvalue weighted by Crippen LogP contribution is -2.17. The van der Waals surface area contributed by atoms with Crippen LogP contribution in [0.5, 0.6) is 0 Å². The van der Waals surface area contributed by atoms with Crippen molar-refractivity contribution in [2.24, 2.45) is 5.14 Å². The summed E-state index contributed by atoms with van der Waals surface area (Å²) in [5.74, 6) is -2.15. The number of anilines is 1. The molecular formula is C23H19ClF3N5O3S2. The molecule has 0 spiro atoms. The molecule has 0 fully saturated rings. The van der Waals surface area contributed by atoms with Crippen molar-refractivity contribution in [1.82, 2.24) is 14.8 Å². The third-order valence-electron chi connectivity index (χ3n) is 5.40. The number of halogens is 4. The van der Waals surface area contributed by atoms with Crippen LogP contribution in [-0.2, 0) is 21.0 Å². The van der Waals surface area contributed by atoms with Crippen molar-refractivity contribution in [3.63, 3.8) is 0 Å². The molecule has 1 heterocycles. The number of hydrogen-bond donors (Lipinski definition) is 2. The third kappa shape index (κ3) is 5.59. The highest BCUT2D eigenvalue weighted by atomic mass is 35.5. The Hall–Kier alpha value is -3.13. The van der Waals surface area contributed by atoms with Crippen molar-refractivity contribution in [1.29, 1.82) is 0 Å². The Balaban J connectivity index is 1.67. The fourth-order valence-corrected chi connectivity index (χ4v) is 5.42. The molecule has 4 rings (SSSR count). The van der Waals surface area contributed by atoms with E-state index in [4.69, 9.17) is 16.7 Å². The number of nitrogens with zero attached hydrogens (tertiary/aromatic N) is 3. The maximum Gasteiger partial charge on any atom is 0.452 e. The Morgan fingerprint density at radius 1 is 1.08 bits per heavy atom. The van der Waals surface area contributed by atoms with Gasteiger partial charge in [0.15, 0.2) is 5.16 Å². The average molecular weight is 570 g/mol. The molecule has 0 atom stereocenters. The second-order valence-corrected chi connectivity index (χ2v) is 11.0. The molecule has 3 N–H and O–H groups in total. The lowest BCUT2D eigenvalue weighted by Gasteiger charge is -2.18. The van der Waals surface area contributed by atoms with Crippen molar-refractivity contribution in [3.05, 3.63) is 70.5 Å². The molecule has 8 nitrogen and oxygen atoms in total. The zero-order valence-electron chi connectivity index (χ0n) is 19.3. The number of sulfonamides is 1. The summed E-state index contributed by atoms with van der Waals surface area (Å²) in [7, 11) is -3.99. The summed E-state index contributed by atoms with van der Waals surface area (Å²) in [4.78, 5) is 12.3. The molecule has 0 aliphatic heterocycles. The lowest BCUT2D eigenvalue weighted by molar-refractivity contribution is -0.146. The van der Waals surface area contributed by atoms with Crippen LogP contribution >= 0.6 is 23.4 Å². The number of rotatable bonds is 6. The van der Waals surface area contributed by atoms with Crippen LogP contribution in [0.15, 0.2) is 58.6 Å². The van der Waals surface area contributed by atoms with Crippen molar-refractivity contribution in [2.45, 2.75) is 30.1 Å². The van der Waals surface area contributed by atoms with Gasteiger partial charge in [-0.15, -0.1) is 10.2 Å². The minimum atomic E-state index is -4.80. The summed E-state index contributed by atoms with van der Waals surface area (Å²) in [5.41, 5.74) is 1.85. The second kappa shape index (κ2) is 9.97. The van der Waals surface area contributed by atoms with E-state index in [1.807, 2.05) is 13.0 Å². The molecule has 0 saturated carbocycles. The number of nitrogens with two attached hydrogens (primary N) is 1. The Kier molecular flexibility index (Phi) is 7.25. The van der Waals surface area contributed by atoms with Crippen LogP contribution in [0.4, 0.5) is 18.9 Å². The van der Waals surface area contributed by atoms with Gasteiger partial charge in [0.05, 0.1) is 27.0 Å². The van der Waals surface area contributed by atoms with E-state index >= 15 is 0 Å². The van der Waals surface area contributed by atoms with Crippen LogP contribution < -0.4 is 10.5 Å². The fourth-order valence-electron chi connectivity index (χ4n) is 3.85. The average Bonchev–Trinajstić information content (AvgIpc) is 3.22. The van der Waals surface area contributed by atoms with Gasteiger partial charge in [-0.3, -0.25) is 9.36 Å². The summed E-state index contributed by atoms with van der Waals surface area (Å²) in [5, 5.41) is 15.8. The van der Waals surface area contributed by atoms with Gasteiger partial charge in [0.25, 0.3) is 0 Å². The molecule has 0 unspecified atom stereocenters. The quantitative estimate of drug-likeness (QED) is 0.312. The van der Waals surface area contributed by atoms with E-state index in [1.165, 1.54) is 12.1 Å². The number of aryl methyl sites for hydroxylation is 2. The third-order valence-corrected chi connectivity index (χ3v) is 7.55. The van der Waals surface area contributed by atoms with Crippen LogP contribution in [-0.4, -0.2) is 34.8 Å². The van der Waals surface area contributed by atoms with Gasteiger partial charge in [0.2, 0.25) is 21.8 Å². The number of hydrogen-bond acceptors (Lipinski definition) is 6. The van der Waals surface area contributed by atoms with Crippen molar-refractivity contribution >= 4 is 55.8 Å². The first kappa shape index (κ1) is 26.9. The molecule has 194 valence electrons. The predicted octanol–water partition coefficient (Wildman–Crippen LogP) is 5.09. The highest BCUT2D eigenvalue weighted by Crippen LogP contribution is 2.37. The standard InChI is InChI=1S/C23H19ClF3N5O3S2/c1-12-9-13(2)20(16-6-4-3-5-15(12)16)32-21(23(25,26)27)30-31-22(32)36-11-19(33)29-18-8-7-14(10-17(18)24)37(28,34)35/h3-10H,11H2,1-2H3,(H,29,33)(H2,28,34,35). The molecule has 1 aromatic heterocycles. The first-order valence-electron chi connectivity index (χ1n) is 10.5. The maximum absolute atomic E-state index is 13.9. The first-order valence-corrected chi connectivity index (χ1v) is 13.5. The molecule has 37 heavy (non-hydrogen) atoms. The van der Waals surface area contributed by atoms with Gasteiger partial charge < -0.3 is 5.32 Å². The number of fused-ring (bicyclic) bond motifs is 1. The van der Waals surface area contributed by atoms with E-state index < -0.39 is 27.9 Å². The number of amides is 1. The van der Waals surface area contributed by atoms with Crippen molar-refractivity contribution in [2.75, 3.05) is 11.1 Å². The Morgan fingerprint density at radius 2 is 1.76 bits per heavy atom. The van der Waals surface area contributed by atoms with Gasteiger partial charge in [-0.05, 0) is 48.6 Å². The van der Waals surface area contributed by atoms with Gasteiger partial charge in [0, 0.05) is 5.39 Å². The smallest absolute Gasteiger partial charge is 0.324 e. The van der Waals surface area contributed by atoms with E-state index in [2.05, 4.69) is 15.5 Å². The molecule has 14 heteroatoms. The molecule has 0 aliphatic rings. The molecule has 0 bridgehead atoms. The molecule has 1 amide bonds. The van der Waals surface area contributed by atoms with Crippen molar-refractivity contribution < 1.29 is 26.4 Å². The lowest BCUT2D eigenvalue weighted by atomic mass is 9.99. The van der Waals surface area contributed by atoms with Gasteiger partial charge in [-0.2, -0.15) is 13.2 Å². The SMILES string of the molecule is Cc1cc(C)c2ccccc2c1-n1c(SCC(=O)Nc2ccc(S(N)(=O)=O)cc2Cl)nnc1C(F)(F)F. The van der Waals surface area contributed by atoms with E-state index in [9.17, 15) is 26.4 Å². The molecule has 0 radical (unpaired) electrons. The van der Waals surface area contributed by atoms with Gasteiger partial charge in [0.1, 0.15) is 0 Å². The highest BCUT2D eigenvalue weighted by Gasteiger charge is 2.39. The van der Waals surface area contributed by atoms with Crippen LogP contribution in [0.2, 0.25) is 5.02 Å². The van der Waals surface area contributed by atoms with Gasteiger partial charge >= 0.3 is 6.18 Å². The summed E-state index contributed by atoms with van der Waals surface area (Å²) in [6.45, 7) is 3.57. The minimum Gasteiger partial charge on any atom is -0.324 e. The Morgan fingerprint density at radius 3 is 2.38 bits per heavy atom. The van der Waals surface area contributed by atoms with Crippen molar-refractivity contribution in [3.8, 4) is 5.69 Å². The number of benzene rings is 3. The van der Waals surface area contributed by atoms with E-state index in [0.717, 1.165) is 33.3 Å². The second-order valence-electron chi connectivity index (χ2n) is 8.07. The van der Waals surface area contributed by atoms with E-state index in [-0.39, 0.29) is 32.2 Å². The van der Waals surface area contributed by atoms with Gasteiger partial charge in [-0.25, -0.2) is 13.6 Å². The number of alkyl halides is 3. The van der Waals surface area contributed by atoms with E-state index in [0.29, 0.717) is 10.9 Å². The van der Waals surface area contributed by atoms with Crippen LogP contribution in [0.1, 0.15) is 17.0 Å². The van der Waals surface area contributed by atoms with E-state index in [1.54, 1.807) is 31.2 Å².